The number of halogens is 2. The fraction of sp³-hybridized carbons (Fsp3) is 0.0952. The lowest BCUT2D eigenvalue weighted by molar-refractivity contribution is 0.0786. The second-order valence-corrected chi connectivity index (χ2v) is 8.87. The topological polar surface area (TPSA) is 66.5 Å². The molecule has 5 nitrogen and oxygen atoms in total. The number of benzene rings is 3. The van der Waals surface area contributed by atoms with Crippen LogP contribution in [0.1, 0.15) is 15.9 Å². The second-order valence-electron chi connectivity index (χ2n) is 6.37. The van der Waals surface area contributed by atoms with E-state index >= 15 is 0 Å². The van der Waals surface area contributed by atoms with E-state index in [0.29, 0.717) is 6.54 Å². The van der Waals surface area contributed by atoms with E-state index in [4.69, 9.17) is 23.2 Å². The van der Waals surface area contributed by atoms with Crippen LogP contribution in [-0.4, -0.2) is 26.3 Å². The largest absolute Gasteiger partial charge is 0.337 e. The van der Waals surface area contributed by atoms with Crippen LogP contribution in [0.2, 0.25) is 10.0 Å². The van der Waals surface area contributed by atoms with Gasteiger partial charge in [0.1, 0.15) is 4.90 Å². The molecule has 1 amide bonds. The van der Waals surface area contributed by atoms with E-state index in [2.05, 4.69) is 4.72 Å². The highest BCUT2D eigenvalue weighted by atomic mass is 35.5. The van der Waals surface area contributed by atoms with Gasteiger partial charge in [0, 0.05) is 18.6 Å². The van der Waals surface area contributed by atoms with Gasteiger partial charge in [0.05, 0.1) is 16.3 Å². The number of nitrogens with zero attached hydrogens (tertiary/aromatic N) is 1. The Morgan fingerprint density at radius 2 is 1.62 bits per heavy atom. The van der Waals surface area contributed by atoms with Crippen molar-refractivity contribution in [2.45, 2.75) is 11.4 Å². The smallest absolute Gasteiger partial charge is 0.263 e. The standard InChI is InChI=1S/C21H18Cl2N2O3S/c1-25(14-15-7-3-2-4-8-15)21(26)17-9-5-6-10-19(17)24-29(27,28)20-13-16(22)11-12-18(20)23/h2-13,24H,14H2,1H3. The molecule has 3 rings (SSSR count). The Labute approximate surface area is 179 Å². The lowest BCUT2D eigenvalue weighted by Gasteiger charge is -2.20. The van der Waals surface area contributed by atoms with Crippen LogP contribution < -0.4 is 4.72 Å². The number of hydrogen-bond donors (Lipinski definition) is 1. The van der Waals surface area contributed by atoms with E-state index in [1.807, 2.05) is 30.3 Å². The van der Waals surface area contributed by atoms with Crippen LogP contribution in [0.5, 0.6) is 0 Å². The number of rotatable bonds is 6. The maximum absolute atomic E-state index is 13.0. The lowest BCUT2D eigenvalue weighted by atomic mass is 10.1. The first-order valence-corrected chi connectivity index (χ1v) is 10.9. The van der Waals surface area contributed by atoms with E-state index in [1.165, 1.54) is 29.2 Å². The Bertz CT molecular complexity index is 1140. The van der Waals surface area contributed by atoms with Gasteiger partial charge in [-0.1, -0.05) is 65.7 Å². The molecule has 29 heavy (non-hydrogen) atoms. The van der Waals surface area contributed by atoms with E-state index in [-0.39, 0.29) is 32.1 Å². The molecule has 8 heteroatoms. The van der Waals surface area contributed by atoms with E-state index in [1.54, 1.807) is 25.2 Å². The molecule has 0 radical (unpaired) electrons. The van der Waals surface area contributed by atoms with E-state index in [0.717, 1.165) is 5.56 Å². The van der Waals surface area contributed by atoms with Crippen molar-refractivity contribution >= 4 is 44.8 Å². The van der Waals surface area contributed by atoms with Gasteiger partial charge in [0.25, 0.3) is 15.9 Å². The zero-order valence-electron chi connectivity index (χ0n) is 15.5. The molecule has 0 bridgehead atoms. The Balaban J connectivity index is 1.89. The zero-order valence-corrected chi connectivity index (χ0v) is 17.8. The summed E-state index contributed by atoms with van der Waals surface area (Å²) in [6.45, 7) is 0.390. The quantitative estimate of drug-likeness (QED) is 0.572. The molecule has 0 saturated carbocycles. The number of para-hydroxylation sites is 1. The molecule has 0 atom stereocenters. The van der Waals surface area contributed by atoms with Gasteiger partial charge in [-0.25, -0.2) is 8.42 Å². The predicted molar refractivity (Wildman–Crippen MR) is 116 cm³/mol. The maximum atomic E-state index is 13.0. The Kier molecular flexibility index (Phi) is 6.47. The molecule has 0 fully saturated rings. The summed E-state index contributed by atoms with van der Waals surface area (Å²) in [6.07, 6.45) is 0. The predicted octanol–water partition coefficient (Wildman–Crippen LogP) is 5.07. The number of anilines is 1. The molecule has 0 aliphatic heterocycles. The molecule has 0 aromatic heterocycles. The molecule has 0 aliphatic rings. The zero-order chi connectivity index (χ0) is 21.0. The fourth-order valence-electron chi connectivity index (χ4n) is 2.78. The SMILES string of the molecule is CN(Cc1ccccc1)C(=O)c1ccccc1NS(=O)(=O)c1cc(Cl)ccc1Cl. The third-order valence-electron chi connectivity index (χ3n) is 4.19. The average Bonchev–Trinajstić information content (AvgIpc) is 2.70. The van der Waals surface area contributed by atoms with Gasteiger partial charge in [-0.05, 0) is 35.9 Å². The second kappa shape index (κ2) is 8.86. The normalized spacial score (nSPS) is 11.1. The number of sulfonamides is 1. The minimum atomic E-state index is -4.04. The van der Waals surface area contributed by atoms with Crippen LogP contribution >= 0.6 is 23.2 Å². The van der Waals surface area contributed by atoms with Gasteiger partial charge < -0.3 is 4.90 Å². The van der Waals surface area contributed by atoms with Crippen molar-refractivity contribution in [3.63, 3.8) is 0 Å². The highest BCUT2D eigenvalue weighted by molar-refractivity contribution is 7.92. The number of carbonyl (C=O) groups excluding carboxylic acids is 1. The van der Waals surface area contributed by atoms with Gasteiger partial charge in [0.15, 0.2) is 0 Å². The third kappa shape index (κ3) is 5.09. The van der Waals surface area contributed by atoms with E-state index in [9.17, 15) is 13.2 Å². The number of carbonyl (C=O) groups is 1. The van der Waals surface area contributed by atoms with Gasteiger partial charge in [-0.2, -0.15) is 0 Å². The highest BCUT2D eigenvalue weighted by Gasteiger charge is 2.22. The minimum absolute atomic E-state index is 0.0342. The van der Waals surface area contributed by atoms with Crippen molar-refractivity contribution in [1.29, 1.82) is 0 Å². The van der Waals surface area contributed by atoms with Crippen LogP contribution in [0.3, 0.4) is 0 Å². The van der Waals surface area contributed by atoms with Crippen LogP contribution in [0.15, 0.2) is 77.7 Å². The molecule has 3 aromatic rings. The number of hydrogen-bond acceptors (Lipinski definition) is 3. The first-order valence-electron chi connectivity index (χ1n) is 8.64. The van der Waals surface area contributed by atoms with Crippen LogP contribution in [0.4, 0.5) is 5.69 Å². The Morgan fingerprint density at radius 3 is 2.34 bits per heavy atom. The molecule has 150 valence electrons. The fourth-order valence-corrected chi connectivity index (χ4v) is 4.62. The molecule has 0 spiro atoms. The first kappa shape index (κ1) is 21.2. The number of nitrogens with one attached hydrogen (secondary N) is 1. The van der Waals surface area contributed by atoms with Crippen molar-refractivity contribution in [2.75, 3.05) is 11.8 Å². The molecule has 0 unspecified atom stereocenters. The summed E-state index contributed by atoms with van der Waals surface area (Å²) in [5.74, 6) is -0.315. The summed E-state index contributed by atoms with van der Waals surface area (Å²) in [6, 6.07) is 20.1. The summed E-state index contributed by atoms with van der Waals surface area (Å²) in [4.78, 5) is 14.3. The summed E-state index contributed by atoms with van der Waals surface area (Å²) in [5.41, 5.74) is 1.35. The van der Waals surface area contributed by atoms with Crippen molar-refractivity contribution in [3.05, 3.63) is 94.0 Å². The molecular weight excluding hydrogens is 431 g/mol. The van der Waals surface area contributed by atoms with Crippen molar-refractivity contribution in [1.82, 2.24) is 4.90 Å². The van der Waals surface area contributed by atoms with Crippen LogP contribution in [0, 0.1) is 0 Å². The first-order chi connectivity index (χ1) is 13.8. The number of amides is 1. The third-order valence-corrected chi connectivity index (χ3v) is 6.28. The summed E-state index contributed by atoms with van der Waals surface area (Å²) >= 11 is 12.0. The molecule has 1 N–H and O–H groups in total. The average molecular weight is 449 g/mol. The maximum Gasteiger partial charge on any atom is 0.263 e. The molecule has 3 aromatic carbocycles. The van der Waals surface area contributed by atoms with Gasteiger partial charge in [0.2, 0.25) is 0 Å². The Hall–Kier alpha value is -2.54. The van der Waals surface area contributed by atoms with Crippen molar-refractivity contribution in [2.24, 2.45) is 0 Å². The summed E-state index contributed by atoms with van der Waals surface area (Å²) in [7, 11) is -2.38. The van der Waals surface area contributed by atoms with Crippen molar-refractivity contribution in [3.8, 4) is 0 Å². The highest BCUT2D eigenvalue weighted by Crippen LogP contribution is 2.28. The minimum Gasteiger partial charge on any atom is -0.337 e. The van der Waals surface area contributed by atoms with Gasteiger partial charge in [-0.3, -0.25) is 9.52 Å². The van der Waals surface area contributed by atoms with E-state index < -0.39 is 10.0 Å². The van der Waals surface area contributed by atoms with Crippen molar-refractivity contribution < 1.29 is 13.2 Å². The van der Waals surface area contributed by atoms with Gasteiger partial charge >= 0.3 is 0 Å². The van der Waals surface area contributed by atoms with Crippen LogP contribution in [-0.2, 0) is 16.6 Å². The van der Waals surface area contributed by atoms with Crippen LogP contribution in [0.25, 0.3) is 0 Å². The Morgan fingerprint density at radius 1 is 0.966 bits per heavy atom. The molecule has 0 saturated heterocycles. The molecular formula is C21H18Cl2N2O3S. The summed E-state index contributed by atoms with van der Waals surface area (Å²) < 4.78 is 28.1. The molecule has 0 aliphatic carbocycles. The lowest BCUT2D eigenvalue weighted by Crippen LogP contribution is -2.27. The molecule has 0 heterocycles. The summed E-state index contributed by atoms with van der Waals surface area (Å²) in [5, 5.41) is 0.272. The van der Waals surface area contributed by atoms with Gasteiger partial charge in [-0.15, -0.1) is 0 Å². The monoisotopic (exact) mass is 448 g/mol.